The monoisotopic (exact) mass is 524 g/mol. The van der Waals surface area contributed by atoms with Crippen molar-refractivity contribution in [3.8, 4) is 22.5 Å². The Morgan fingerprint density at radius 3 is 1.34 bits per heavy atom. The lowest BCUT2D eigenvalue weighted by molar-refractivity contribution is 1.17. The minimum Gasteiger partial charge on any atom is -0.309 e. The Morgan fingerprint density at radius 1 is 0.415 bits per heavy atom. The van der Waals surface area contributed by atoms with Crippen LogP contribution in [0.1, 0.15) is 22.3 Å². The van der Waals surface area contributed by atoms with Crippen LogP contribution in [-0.4, -0.2) is 9.13 Å². The smallest absolute Gasteiger partial charge is 0.0541 e. The zero-order valence-electron chi connectivity index (χ0n) is 23.1. The maximum absolute atomic E-state index is 2.43. The highest BCUT2D eigenvalue weighted by Crippen LogP contribution is 2.42. The molecule has 0 radical (unpaired) electrons. The van der Waals surface area contributed by atoms with Crippen molar-refractivity contribution >= 4 is 43.6 Å². The molecule has 0 amide bonds. The summed E-state index contributed by atoms with van der Waals surface area (Å²) in [6.07, 6.45) is 0.976. The van der Waals surface area contributed by atoms with Crippen LogP contribution >= 0.6 is 0 Å². The lowest BCUT2D eigenvalue weighted by Gasteiger charge is -2.12. The number of benzene rings is 6. The maximum atomic E-state index is 2.43. The fourth-order valence-corrected chi connectivity index (χ4v) is 7.15. The van der Waals surface area contributed by atoms with E-state index in [0.29, 0.717) is 0 Å². The molecule has 0 saturated heterocycles. The molecule has 1 aliphatic carbocycles. The Kier molecular flexibility index (Phi) is 4.55. The summed E-state index contributed by atoms with van der Waals surface area (Å²) in [5.74, 6) is 0. The lowest BCUT2D eigenvalue weighted by Crippen LogP contribution is -1.96. The van der Waals surface area contributed by atoms with Gasteiger partial charge in [-0.3, -0.25) is 0 Å². The van der Waals surface area contributed by atoms with Crippen LogP contribution in [0, 0.1) is 13.8 Å². The molecule has 0 atom stereocenters. The number of hydrogen-bond donors (Lipinski definition) is 0. The molecule has 8 aromatic rings. The number of aryl methyl sites for hydroxylation is 2. The van der Waals surface area contributed by atoms with Gasteiger partial charge in [-0.1, -0.05) is 71.8 Å². The van der Waals surface area contributed by atoms with Crippen molar-refractivity contribution in [2.24, 2.45) is 0 Å². The molecule has 0 saturated carbocycles. The van der Waals surface area contributed by atoms with E-state index in [1.54, 1.807) is 0 Å². The van der Waals surface area contributed by atoms with E-state index in [0.717, 1.165) is 6.42 Å². The summed E-state index contributed by atoms with van der Waals surface area (Å²) in [5.41, 5.74) is 15.5. The van der Waals surface area contributed by atoms with Crippen LogP contribution in [0.4, 0.5) is 0 Å². The standard InChI is InChI=1S/C39H28N2/c1-24-11-17-38-34(19-24)30-7-3-5-9-36(30)40(38)28-15-13-26-21-27-14-16-29(23-33(27)32(26)22-28)41-37-10-6-4-8-31(37)35-20-25(2)12-18-39(35)41/h3-20,22-23H,21H2,1-2H3. The highest BCUT2D eigenvalue weighted by molar-refractivity contribution is 6.10. The highest BCUT2D eigenvalue weighted by Gasteiger charge is 2.22. The summed E-state index contributed by atoms with van der Waals surface area (Å²) in [6, 6.07) is 45.3. The van der Waals surface area contributed by atoms with Crippen LogP contribution in [0.3, 0.4) is 0 Å². The first-order chi connectivity index (χ1) is 20.1. The van der Waals surface area contributed by atoms with Crippen molar-refractivity contribution in [3.63, 3.8) is 0 Å². The fraction of sp³-hybridized carbons (Fsp3) is 0.0769. The van der Waals surface area contributed by atoms with Crippen molar-refractivity contribution in [1.29, 1.82) is 0 Å². The average molecular weight is 525 g/mol. The molecule has 0 unspecified atom stereocenters. The zero-order valence-corrected chi connectivity index (χ0v) is 23.1. The Balaban J connectivity index is 1.26. The van der Waals surface area contributed by atoms with Gasteiger partial charge in [-0.2, -0.15) is 0 Å². The molecular formula is C39H28N2. The lowest BCUT2D eigenvalue weighted by atomic mass is 10.0. The normalized spacial score (nSPS) is 12.5. The second-order valence-corrected chi connectivity index (χ2v) is 11.6. The second kappa shape index (κ2) is 8.22. The molecule has 1 aliphatic rings. The van der Waals surface area contributed by atoms with Crippen molar-refractivity contribution < 1.29 is 0 Å². The summed E-state index contributed by atoms with van der Waals surface area (Å²) in [4.78, 5) is 0. The molecule has 0 N–H and O–H groups in total. The number of para-hydroxylation sites is 2. The Labute approximate surface area is 238 Å². The molecule has 41 heavy (non-hydrogen) atoms. The summed E-state index contributed by atoms with van der Waals surface area (Å²) in [5, 5.41) is 5.22. The molecule has 0 fully saturated rings. The SMILES string of the molecule is Cc1ccc2c(c1)c1ccccc1n2-c1ccc2c(c1)-c1cc(-n3c4ccccc4c4cc(C)ccc43)ccc1C2. The predicted octanol–water partition coefficient (Wildman–Crippen LogP) is 10.1. The van der Waals surface area contributed by atoms with Gasteiger partial charge in [0.2, 0.25) is 0 Å². The molecule has 194 valence electrons. The van der Waals surface area contributed by atoms with E-state index in [9.17, 15) is 0 Å². The number of hydrogen-bond acceptors (Lipinski definition) is 0. The summed E-state index contributed by atoms with van der Waals surface area (Å²) >= 11 is 0. The summed E-state index contributed by atoms with van der Waals surface area (Å²) < 4.78 is 4.86. The minimum atomic E-state index is 0.976. The molecule has 2 aromatic heterocycles. The first kappa shape index (κ1) is 22.7. The third kappa shape index (κ3) is 3.19. The van der Waals surface area contributed by atoms with Crippen LogP contribution in [0.15, 0.2) is 121 Å². The minimum absolute atomic E-state index is 0.976. The van der Waals surface area contributed by atoms with Gasteiger partial charge in [0.15, 0.2) is 0 Å². The molecule has 6 aromatic carbocycles. The van der Waals surface area contributed by atoms with Gasteiger partial charge >= 0.3 is 0 Å². The van der Waals surface area contributed by atoms with Crippen LogP contribution < -0.4 is 0 Å². The van der Waals surface area contributed by atoms with E-state index in [4.69, 9.17) is 0 Å². The summed E-state index contributed by atoms with van der Waals surface area (Å²) in [7, 11) is 0. The highest BCUT2D eigenvalue weighted by atomic mass is 15.0. The summed E-state index contributed by atoms with van der Waals surface area (Å²) in [6.45, 7) is 4.35. The second-order valence-electron chi connectivity index (χ2n) is 11.6. The van der Waals surface area contributed by atoms with Gasteiger partial charge in [-0.25, -0.2) is 0 Å². The number of rotatable bonds is 2. The van der Waals surface area contributed by atoms with Crippen LogP contribution in [0.5, 0.6) is 0 Å². The van der Waals surface area contributed by atoms with Crippen LogP contribution in [0.25, 0.3) is 66.1 Å². The zero-order chi connectivity index (χ0) is 27.2. The maximum Gasteiger partial charge on any atom is 0.0541 e. The van der Waals surface area contributed by atoms with Gasteiger partial charge in [0.25, 0.3) is 0 Å². The molecule has 0 bridgehead atoms. The van der Waals surface area contributed by atoms with Gasteiger partial charge in [0, 0.05) is 32.9 Å². The molecule has 0 aliphatic heterocycles. The molecule has 2 nitrogen and oxygen atoms in total. The number of aromatic nitrogens is 2. The van der Waals surface area contributed by atoms with Crippen molar-refractivity contribution in [1.82, 2.24) is 9.13 Å². The van der Waals surface area contributed by atoms with E-state index in [2.05, 4.69) is 144 Å². The average Bonchev–Trinajstić information content (AvgIpc) is 3.64. The quantitative estimate of drug-likeness (QED) is 0.213. The van der Waals surface area contributed by atoms with Gasteiger partial charge in [-0.15, -0.1) is 0 Å². The first-order valence-electron chi connectivity index (χ1n) is 14.4. The van der Waals surface area contributed by atoms with E-state index in [-0.39, 0.29) is 0 Å². The Morgan fingerprint density at radius 2 is 0.854 bits per heavy atom. The van der Waals surface area contributed by atoms with E-state index < -0.39 is 0 Å². The van der Waals surface area contributed by atoms with Crippen molar-refractivity contribution in [2.75, 3.05) is 0 Å². The fourth-order valence-electron chi connectivity index (χ4n) is 7.15. The molecular weight excluding hydrogens is 496 g/mol. The van der Waals surface area contributed by atoms with Gasteiger partial charge < -0.3 is 9.13 Å². The van der Waals surface area contributed by atoms with E-state index in [1.807, 2.05) is 0 Å². The van der Waals surface area contributed by atoms with Crippen molar-refractivity contribution in [3.05, 3.63) is 144 Å². The van der Waals surface area contributed by atoms with Gasteiger partial charge in [0.05, 0.1) is 22.1 Å². The number of nitrogens with zero attached hydrogens (tertiary/aromatic N) is 2. The molecule has 0 spiro atoms. The molecule has 2 heteroatoms. The van der Waals surface area contributed by atoms with E-state index in [1.165, 1.54) is 88.4 Å². The van der Waals surface area contributed by atoms with Gasteiger partial charge in [-0.05, 0) is 103 Å². The number of fused-ring (bicyclic) bond motifs is 9. The van der Waals surface area contributed by atoms with Gasteiger partial charge in [0.1, 0.15) is 0 Å². The Bertz CT molecular complexity index is 2200. The predicted molar refractivity (Wildman–Crippen MR) is 173 cm³/mol. The first-order valence-corrected chi connectivity index (χ1v) is 14.4. The third-order valence-corrected chi connectivity index (χ3v) is 9.03. The molecule has 9 rings (SSSR count). The van der Waals surface area contributed by atoms with Crippen LogP contribution in [-0.2, 0) is 6.42 Å². The third-order valence-electron chi connectivity index (χ3n) is 9.03. The van der Waals surface area contributed by atoms with E-state index >= 15 is 0 Å². The largest absolute Gasteiger partial charge is 0.309 e. The van der Waals surface area contributed by atoms with Crippen molar-refractivity contribution in [2.45, 2.75) is 20.3 Å². The van der Waals surface area contributed by atoms with Crippen LogP contribution in [0.2, 0.25) is 0 Å². The topological polar surface area (TPSA) is 9.86 Å². The Hall–Kier alpha value is -5.08. The molecule has 2 heterocycles.